The highest BCUT2D eigenvalue weighted by atomic mass is 32.1. The molecule has 1 aromatic rings. The second-order valence-corrected chi connectivity index (χ2v) is 5.30. The summed E-state index contributed by atoms with van der Waals surface area (Å²) in [4.78, 5) is 5.83. The summed E-state index contributed by atoms with van der Waals surface area (Å²) in [6.07, 6.45) is 5.88. The fourth-order valence-corrected chi connectivity index (χ4v) is 2.67. The fraction of sp³-hybridized carbons (Fsp3) is 0.727. The van der Waals surface area contributed by atoms with Crippen molar-refractivity contribution >= 4 is 11.3 Å². The first kappa shape index (κ1) is 10.1. The quantitative estimate of drug-likeness (QED) is 0.766. The minimum Gasteiger partial charge on any atom is -0.378 e. The van der Waals surface area contributed by atoms with Crippen LogP contribution in [-0.4, -0.2) is 17.7 Å². The minimum atomic E-state index is 0.432. The topological polar surface area (TPSA) is 22.1 Å². The molecule has 0 radical (unpaired) electrons. The van der Waals surface area contributed by atoms with Crippen LogP contribution in [-0.2, 0) is 11.2 Å². The Kier molecular flexibility index (Phi) is 3.19. The van der Waals surface area contributed by atoms with E-state index in [0.29, 0.717) is 12.0 Å². The molecular formula is C11H17NOS. The van der Waals surface area contributed by atoms with E-state index in [0.717, 1.165) is 13.0 Å². The van der Waals surface area contributed by atoms with E-state index in [-0.39, 0.29) is 0 Å². The zero-order valence-electron chi connectivity index (χ0n) is 8.82. The molecule has 14 heavy (non-hydrogen) atoms. The van der Waals surface area contributed by atoms with Gasteiger partial charge >= 0.3 is 0 Å². The standard InChI is InChI=1S/C11H17NOS/c1-8(2)10-7-12-11(14-10)6-9-4-3-5-13-9/h7-9H,3-6H2,1-2H3. The van der Waals surface area contributed by atoms with Gasteiger partial charge in [-0.15, -0.1) is 11.3 Å². The molecule has 0 saturated carbocycles. The molecule has 0 spiro atoms. The Labute approximate surface area is 89.3 Å². The molecule has 0 aromatic carbocycles. The number of nitrogens with zero attached hydrogens (tertiary/aromatic N) is 1. The summed E-state index contributed by atoms with van der Waals surface area (Å²) in [5, 5.41) is 1.24. The van der Waals surface area contributed by atoms with Gasteiger partial charge in [-0.1, -0.05) is 13.8 Å². The van der Waals surface area contributed by atoms with Gasteiger partial charge in [0.05, 0.1) is 11.1 Å². The van der Waals surface area contributed by atoms with Crippen molar-refractivity contribution in [2.75, 3.05) is 6.61 Å². The first-order chi connectivity index (χ1) is 6.75. The van der Waals surface area contributed by atoms with Gasteiger partial charge in [-0.3, -0.25) is 0 Å². The third kappa shape index (κ3) is 2.34. The summed E-state index contributed by atoms with van der Waals surface area (Å²) in [5.74, 6) is 0.603. The van der Waals surface area contributed by atoms with Gasteiger partial charge in [-0.05, 0) is 18.8 Å². The van der Waals surface area contributed by atoms with Crippen LogP contribution in [0.4, 0.5) is 0 Å². The summed E-state index contributed by atoms with van der Waals surface area (Å²) >= 11 is 1.84. The van der Waals surface area contributed by atoms with Crippen LogP contribution in [0.5, 0.6) is 0 Å². The average Bonchev–Trinajstić information content (AvgIpc) is 2.75. The maximum atomic E-state index is 5.59. The number of hydrogen-bond acceptors (Lipinski definition) is 3. The zero-order chi connectivity index (χ0) is 9.97. The molecule has 0 N–H and O–H groups in total. The monoisotopic (exact) mass is 211 g/mol. The summed E-state index contributed by atoms with van der Waals surface area (Å²) in [7, 11) is 0. The number of hydrogen-bond donors (Lipinski definition) is 0. The second-order valence-electron chi connectivity index (χ2n) is 4.15. The fourth-order valence-electron chi connectivity index (χ4n) is 1.69. The van der Waals surface area contributed by atoms with Crippen LogP contribution in [0.25, 0.3) is 0 Å². The molecule has 3 heteroatoms. The lowest BCUT2D eigenvalue weighted by atomic mass is 10.2. The van der Waals surface area contributed by atoms with Crippen LogP contribution < -0.4 is 0 Å². The molecule has 1 aliphatic rings. The Morgan fingerprint density at radius 3 is 3.07 bits per heavy atom. The molecule has 1 fully saturated rings. The molecule has 2 nitrogen and oxygen atoms in total. The van der Waals surface area contributed by atoms with E-state index < -0.39 is 0 Å². The lowest BCUT2D eigenvalue weighted by Gasteiger charge is -2.05. The van der Waals surface area contributed by atoms with Crippen molar-refractivity contribution in [3.05, 3.63) is 16.1 Å². The van der Waals surface area contributed by atoms with E-state index in [4.69, 9.17) is 4.74 Å². The van der Waals surface area contributed by atoms with Crippen molar-refractivity contribution in [3.63, 3.8) is 0 Å². The largest absolute Gasteiger partial charge is 0.378 e. The lowest BCUT2D eigenvalue weighted by molar-refractivity contribution is 0.111. The van der Waals surface area contributed by atoms with Crippen molar-refractivity contribution in [2.45, 2.75) is 45.1 Å². The summed E-state index contributed by atoms with van der Waals surface area (Å²) < 4.78 is 5.59. The van der Waals surface area contributed by atoms with Gasteiger partial charge in [0.2, 0.25) is 0 Å². The summed E-state index contributed by atoms with van der Waals surface area (Å²) in [6.45, 7) is 5.36. The van der Waals surface area contributed by atoms with E-state index in [1.165, 1.54) is 22.7 Å². The molecule has 2 heterocycles. The maximum absolute atomic E-state index is 5.59. The predicted octanol–water partition coefficient (Wildman–Crippen LogP) is 2.99. The lowest BCUT2D eigenvalue weighted by Crippen LogP contribution is -2.08. The predicted molar refractivity (Wildman–Crippen MR) is 58.9 cm³/mol. The Morgan fingerprint density at radius 1 is 1.64 bits per heavy atom. The van der Waals surface area contributed by atoms with E-state index >= 15 is 0 Å². The van der Waals surface area contributed by atoms with Gasteiger partial charge in [0.25, 0.3) is 0 Å². The van der Waals surface area contributed by atoms with Crippen molar-refractivity contribution in [1.82, 2.24) is 4.98 Å². The number of rotatable bonds is 3. The highest BCUT2D eigenvalue weighted by molar-refractivity contribution is 7.11. The Balaban J connectivity index is 1.95. The molecule has 0 aliphatic carbocycles. The van der Waals surface area contributed by atoms with E-state index in [1.807, 2.05) is 17.5 Å². The van der Waals surface area contributed by atoms with Gasteiger partial charge in [-0.2, -0.15) is 0 Å². The molecule has 2 rings (SSSR count). The Morgan fingerprint density at radius 2 is 2.50 bits per heavy atom. The Bertz CT molecular complexity index is 289. The van der Waals surface area contributed by atoms with E-state index in [9.17, 15) is 0 Å². The minimum absolute atomic E-state index is 0.432. The first-order valence-corrected chi connectivity index (χ1v) is 6.13. The van der Waals surface area contributed by atoms with Gasteiger partial charge in [-0.25, -0.2) is 4.98 Å². The van der Waals surface area contributed by atoms with Crippen LogP contribution in [0.15, 0.2) is 6.20 Å². The SMILES string of the molecule is CC(C)c1cnc(CC2CCCO2)s1. The third-order valence-electron chi connectivity index (χ3n) is 2.57. The molecule has 1 atom stereocenters. The van der Waals surface area contributed by atoms with Crippen LogP contribution in [0.1, 0.15) is 42.5 Å². The maximum Gasteiger partial charge on any atom is 0.0953 e. The normalized spacial score (nSPS) is 22.1. The smallest absolute Gasteiger partial charge is 0.0953 e. The highest BCUT2D eigenvalue weighted by Gasteiger charge is 2.17. The van der Waals surface area contributed by atoms with Gasteiger partial charge in [0.15, 0.2) is 0 Å². The average molecular weight is 211 g/mol. The number of aromatic nitrogens is 1. The van der Waals surface area contributed by atoms with Crippen molar-refractivity contribution in [2.24, 2.45) is 0 Å². The van der Waals surface area contributed by atoms with Crippen LogP contribution in [0.3, 0.4) is 0 Å². The molecule has 0 bridgehead atoms. The molecule has 1 aromatic heterocycles. The highest BCUT2D eigenvalue weighted by Crippen LogP contribution is 2.25. The zero-order valence-corrected chi connectivity index (χ0v) is 9.64. The molecule has 1 unspecified atom stereocenters. The van der Waals surface area contributed by atoms with Gasteiger partial charge in [0, 0.05) is 24.1 Å². The summed E-state index contributed by atoms with van der Waals surface area (Å²) in [6, 6.07) is 0. The summed E-state index contributed by atoms with van der Waals surface area (Å²) in [5.41, 5.74) is 0. The number of ether oxygens (including phenoxy) is 1. The van der Waals surface area contributed by atoms with Crippen LogP contribution in [0.2, 0.25) is 0 Å². The van der Waals surface area contributed by atoms with Crippen molar-refractivity contribution in [3.8, 4) is 0 Å². The van der Waals surface area contributed by atoms with Gasteiger partial charge < -0.3 is 4.74 Å². The van der Waals surface area contributed by atoms with Crippen molar-refractivity contribution < 1.29 is 4.74 Å². The number of thiazole rings is 1. The van der Waals surface area contributed by atoms with E-state index in [2.05, 4.69) is 18.8 Å². The molecule has 78 valence electrons. The van der Waals surface area contributed by atoms with Gasteiger partial charge in [0.1, 0.15) is 0 Å². The van der Waals surface area contributed by atoms with E-state index in [1.54, 1.807) is 0 Å². The second kappa shape index (κ2) is 4.41. The third-order valence-corrected chi connectivity index (χ3v) is 3.89. The molecule has 1 aliphatic heterocycles. The Hall–Kier alpha value is -0.410. The molecule has 1 saturated heterocycles. The van der Waals surface area contributed by atoms with Crippen LogP contribution >= 0.6 is 11.3 Å². The first-order valence-electron chi connectivity index (χ1n) is 5.32. The van der Waals surface area contributed by atoms with Crippen molar-refractivity contribution in [1.29, 1.82) is 0 Å². The molecular weight excluding hydrogens is 194 g/mol. The molecule has 0 amide bonds. The van der Waals surface area contributed by atoms with Crippen LogP contribution in [0, 0.1) is 0 Å².